The van der Waals surface area contributed by atoms with Crippen LogP contribution in [0.25, 0.3) is 0 Å². The Morgan fingerprint density at radius 2 is 2.30 bits per heavy atom. The Labute approximate surface area is 58.7 Å². The molecule has 1 aliphatic carbocycles. The van der Waals surface area contributed by atoms with Crippen molar-refractivity contribution in [3.8, 4) is 5.88 Å². The summed E-state index contributed by atoms with van der Waals surface area (Å²) in [6.07, 6.45) is 4.17. The van der Waals surface area contributed by atoms with Gasteiger partial charge in [-0.25, -0.2) is 0 Å². The molecule has 1 aromatic heterocycles. The molecule has 0 spiro atoms. The van der Waals surface area contributed by atoms with Crippen LogP contribution in [0.4, 0.5) is 0 Å². The van der Waals surface area contributed by atoms with Gasteiger partial charge in [-0.3, -0.25) is 0 Å². The minimum atomic E-state index is 0.0319. The second-order valence-electron chi connectivity index (χ2n) is 2.62. The predicted octanol–water partition coefficient (Wildman–Crippen LogP) is 1.06. The van der Waals surface area contributed by atoms with Crippen molar-refractivity contribution in [2.75, 3.05) is 0 Å². The van der Waals surface area contributed by atoms with Crippen molar-refractivity contribution in [3.05, 3.63) is 17.8 Å². The van der Waals surface area contributed by atoms with Gasteiger partial charge in [-0.2, -0.15) is 5.10 Å². The van der Waals surface area contributed by atoms with Gasteiger partial charge in [0, 0.05) is 6.07 Å². The molecule has 3 heteroatoms. The van der Waals surface area contributed by atoms with Gasteiger partial charge in [0.05, 0.1) is 6.20 Å². The van der Waals surface area contributed by atoms with Gasteiger partial charge in [0.15, 0.2) is 0 Å². The van der Waals surface area contributed by atoms with Crippen LogP contribution in [0.5, 0.6) is 5.88 Å². The van der Waals surface area contributed by atoms with E-state index in [2.05, 4.69) is 10.2 Å². The molecule has 0 amide bonds. The summed E-state index contributed by atoms with van der Waals surface area (Å²) in [4.78, 5) is 0. The number of nitrogens with zero attached hydrogens (tertiary/aromatic N) is 2. The molecule has 2 rings (SSSR count). The molecule has 0 atom stereocenters. The first-order chi connectivity index (χ1) is 4.86. The van der Waals surface area contributed by atoms with E-state index in [1.165, 1.54) is 12.8 Å². The third-order valence-electron chi connectivity index (χ3n) is 1.71. The fourth-order valence-corrected chi connectivity index (χ4v) is 1.01. The highest BCUT2D eigenvalue weighted by Crippen LogP contribution is 2.39. The van der Waals surface area contributed by atoms with Crippen LogP contribution < -0.4 is 0 Å². The molecular formula is C7H8N2O. The highest BCUT2D eigenvalue weighted by molar-refractivity contribution is 5.23. The van der Waals surface area contributed by atoms with Crippen molar-refractivity contribution < 1.29 is 5.11 Å². The van der Waals surface area contributed by atoms with Crippen LogP contribution in [-0.2, 0) is 0 Å². The normalized spacial score (nSPS) is 17.2. The Morgan fingerprint density at radius 1 is 1.50 bits per heavy atom. The van der Waals surface area contributed by atoms with Gasteiger partial charge in [-0.05, 0) is 24.3 Å². The highest BCUT2D eigenvalue weighted by atomic mass is 16.3. The number of aromatic hydroxyl groups is 1. The minimum absolute atomic E-state index is 0.0319. The molecule has 10 heavy (non-hydrogen) atoms. The zero-order valence-electron chi connectivity index (χ0n) is 5.49. The maximum absolute atomic E-state index is 8.92. The lowest BCUT2D eigenvalue weighted by molar-refractivity contribution is 0.444. The van der Waals surface area contributed by atoms with Crippen LogP contribution in [0, 0.1) is 0 Å². The molecule has 0 bridgehead atoms. The quantitative estimate of drug-likeness (QED) is 0.627. The summed E-state index contributed by atoms with van der Waals surface area (Å²) in [5.74, 6) is 0.672. The van der Waals surface area contributed by atoms with Gasteiger partial charge < -0.3 is 5.11 Å². The molecule has 0 aromatic carbocycles. The molecular weight excluding hydrogens is 128 g/mol. The second kappa shape index (κ2) is 1.94. The Bertz CT molecular complexity index is 245. The molecule has 0 unspecified atom stereocenters. The maximum Gasteiger partial charge on any atom is 0.231 e. The molecule has 1 saturated carbocycles. The first kappa shape index (κ1) is 5.65. The lowest BCUT2D eigenvalue weighted by atomic mass is 10.2. The second-order valence-corrected chi connectivity index (χ2v) is 2.62. The summed E-state index contributed by atoms with van der Waals surface area (Å²) < 4.78 is 0. The lowest BCUT2D eigenvalue weighted by Crippen LogP contribution is -1.84. The van der Waals surface area contributed by atoms with E-state index in [1.54, 1.807) is 12.3 Å². The summed E-state index contributed by atoms with van der Waals surface area (Å²) in [6.45, 7) is 0. The van der Waals surface area contributed by atoms with Crippen LogP contribution in [0.15, 0.2) is 12.3 Å². The van der Waals surface area contributed by atoms with Gasteiger partial charge in [0.25, 0.3) is 0 Å². The minimum Gasteiger partial charge on any atom is -0.492 e. The van der Waals surface area contributed by atoms with E-state index in [4.69, 9.17) is 5.11 Å². The summed E-state index contributed by atoms with van der Waals surface area (Å²) >= 11 is 0. The number of hydrogen-bond donors (Lipinski definition) is 1. The van der Waals surface area contributed by atoms with Gasteiger partial charge in [-0.1, -0.05) is 0 Å². The molecule has 3 nitrogen and oxygen atoms in total. The third-order valence-corrected chi connectivity index (χ3v) is 1.71. The lowest BCUT2D eigenvalue weighted by Gasteiger charge is -1.94. The van der Waals surface area contributed by atoms with Crippen LogP contribution in [0.2, 0.25) is 0 Å². The van der Waals surface area contributed by atoms with Crippen molar-refractivity contribution in [3.63, 3.8) is 0 Å². The predicted molar refractivity (Wildman–Crippen MR) is 35.7 cm³/mol. The molecule has 1 heterocycles. The molecule has 1 N–H and O–H groups in total. The molecule has 1 fully saturated rings. The molecule has 0 saturated heterocycles. The third kappa shape index (κ3) is 0.943. The largest absolute Gasteiger partial charge is 0.492 e. The van der Waals surface area contributed by atoms with Crippen LogP contribution in [0.3, 0.4) is 0 Å². The van der Waals surface area contributed by atoms with Crippen molar-refractivity contribution in [1.82, 2.24) is 10.2 Å². The fourth-order valence-electron chi connectivity index (χ4n) is 1.01. The summed E-state index contributed by atoms with van der Waals surface area (Å²) in [5.41, 5.74) is 1.12. The number of aromatic nitrogens is 2. The van der Waals surface area contributed by atoms with E-state index < -0.39 is 0 Å². The Kier molecular flexibility index (Phi) is 1.09. The fraction of sp³-hybridized carbons (Fsp3) is 0.429. The summed E-state index contributed by atoms with van der Waals surface area (Å²) in [7, 11) is 0. The first-order valence-corrected chi connectivity index (χ1v) is 3.38. The van der Waals surface area contributed by atoms with Crippen molar-refractivity contribution >= 4 is 0 Å². The number of hydrogen-bond acceptors (Lipinski definition) is 3. The SMILES string of the molecule is Oc1cc(C2CC2)cnn1. The average molecular weight is 136 g/mol. The Morgan fingerprint density at radius 3 is 2.90 bits per heavy atom. The number of rotatable bonds is 1. The zero-order chi connectivity index (χ0) is 6.97. The van der Waals surface area contributed by atoms with Crippen molar-refractivity contribution in [1.29, 1.82) is 0 Å². The first-order valence-electron chi connectivity index (χ1n) is 3.38. The summed E-state index contributed by atoms with van der Waals surface area (Å²) in [6, 6.07) is 1.69. The smallest absolute Gasteiger partial charge is 0.231 e. The maximum atomic E-state index is 8.92. The zero-order valence-corrected chi connectivity index (χ0v) is 5.49. The van der Waals surface area contributed by atoms with Gasteiger partial charge in [0.2, 0.25) is 5.88 Å². The monoisotopic (exact) mass is 136 g/mol. The van der Waals surface area contributed by atoms with Crippen molar-refractivity contribution in [2.24, 2.45) is 0 Å². The summed E-state index contributed by atoms with van der Waals surface area (Å²) in [5, 5.41) is 16.0. The van der Waals surface area contributed by atoms with Crippen LogP contribution in [-0.4, -0.2) is 15.3 Å². The van der Waals surface area contributed by atoms with E-state index >= 15 is 0 Å². The van der Waals surface area contributed by atoms with Crippen LogP contribution >= 0.6 is 0 Å². The van der Waals surface area contributed by atoms with Gasteiger partial charge >= 0.3 is 0 Å². The topological polar surface area (TPSA) is 46.0 Å². The molecule has 52 valence electrons. The molecule has 0 radical (unpaired) electrons. The highest BCUT2D eigenvalue weighted by Gasteiger charge is 2.23. The van der Waals surface area contributed by atoms with Crippen LogP contribution in [0.1, 0.15) is 24.3 Å². The van der Waals surface area contributed by atoms with E-state index in [0.717, 1.165) is 5.56 Å². The van der Waals surface area contributed by atoms with E-state index in [0.29, 0.717) is 5.92 Å². The molecule has 0 aliphatic heterocycles. The van der Waals surface area contributed by atoms with E-state index in [1.807, 2.05) is 0 Å². The van der Waals surface area contributed by atoms with Gasteiger partial charge in [-0.15, -0.1) is 5.10 Å². The van der Waals surface area contributed by atoms with Crippen molar-refractivity contribution in [2.45, 2.75) is 18.8 Å². The Hall–Kier alpha value is -1.12. The molecule has 1 aromatic rings. The average Bonchev–Trinajstić information content (AvgIpc) is 2.68. The van der Waals surface area contributed by atoms with E-state index in [9.17, 15) is 0 Å². The molecule has 1 aliphatic rings. The van der Waals surface area contributed by atoms with Gasteiger partial charge in [0.1, 0.15) is 0 Å². The van der Waals surface area contributed by atoms with E-state index in [-0.39, 0.29) is 5.88 Å². The Balaban J connectivity index is 2.32. The standard InChI is InChI=1S/C7H8N2O/c10-7-3-6(4-8-9-7)5-1-2-5/h3-5H,1-2H2,(H,9,10).